The second-order valence-corrected chi connectivity index (χ2v) is 5.41. The minimum atomic E-state index is 0.929. The Morgan fingerprint density at radius 3 is 2.89 bits per heavy atom. The van der Waals surface area contributed by atoms with Gasteiger partial charge in [-0.2, -0.15) is 0 Å². The van der Waals surface area contributed by atoms with E-state index in [0.29, 0.717) is 0 Å². The molecule has 0 radical (unpaired) electrons. The van der Waals surface area contributed by atoms with E-state index in [9.17, 15) is 0 Å². The van der Waals surface area contributed by atoms with Crippen LogP contribution in [0.1, 0.15) is 24.8 Å². The van der Waals surface area contributed by atoms with Crippen LogP contribution < -0.4 is 5.32 Å². The average molecular weight is 247 g/mol. The number of aromatic nitrogens is 1. The van der Waals surface area contributed by atoms with Crippen molar-refractivity contribution in [1.29, 1.82) is 0 Å². The van der Waals surface area contributed by atoms with Crippen molar-refractivity contribution in [3.05, 3.63) is 30.1 Å². The van der Waals surface area contributed by atoms with Gasteiger partial charge in [-0.15, -0.1) is 0 Å². The van der Waals surface area contributed by atoms with Crippen LogP contribution in [0.15, 0.2) is 24.5 Å². The molecule has 3 nitrogen and oxygen atoms in total. The molecule has 1 fully saturated rings. The number of rotatable bonds is 7. The summed E-state index contributed by atoms with van der Waals surface area (Å²) in [6.07, 6.45) is 8.97. The van der Waals surface area contributed by atoms with Crippen molar-refractivity contribution in [3.8, 4) is 0 Å². The maximum atomic E-state index is 4.05. The van der Waals surface area contributed by atoms with Gasteiger partial charge in [0.05, 0.1) is 0 Å². The first kappa shape index (κ1) is 13.5. The zero-order valence-electron chi connectivity index (χ0n) is 11.4. The molecule has 0 bridgehead atoms. The molecule has 1 saturated heterocycles. The monoisotopic (exact) mass is 247 g/mol. The van der Waals surface area contributed by atoms with Crippen molar-refractivity contribution >= 4 is 0 Å². The highest BCUT2D eigenvalue weighted by Gasteiger charge is 2.13. The summed E-state index contributed by atoms with van der Waals surface area (Å²) >= 11 is 0. The summed E-state index contributed by atoms with van der Waals surface area (Å²) in [5.41, 5.74) is 1.39. The number of nitrogens with one attached hydrogen (secondary N) is 1. The molecule has 1 aliphatic heterocycles. The molecule has 0 amide bonds. The largest absolute Gasteiger partial charge is 0.316 e. The molecule has 0 aliphatic carbocycles. The molecule has 100 valence electrons. The lowest BCUT2D eigenvalue weighted by molar-refractivity contribution is 0.318. The molecular formula is C15H25N3. The van der Waals surface area contributed by atoms with E-state index in [2.05, 4.69) is 34.4 Å². The van der Waals surface area contributed by atoms with Crippen LogP contribution in [0.3, 0.4) is 0 Å². The van der Waals surface area contributed by atoms with Gasteiger partial charge in [0, 0.05) is 18.9 Å². The molecule has 1 aliphatic rings. The maximum Gasteiger partial charge on any atom is 0.0270 e. The SMILES string of the molecule is CN(CCCC1CCNC1)CCc1ccncc1. The minimum Gasteiger partial charge on any atom is -0.316 e. The van der Waals surface area contributed by atoms with E-state index in [4.69, 9.17) is 0 Å². The fraction of sp³-hybridized carbons (Fsp3) is 0.667. The zero-order chi connectivity index (χ0) is 12.6. The third kappa shape index (κ3) is 4.75. The van der Waals surface area contributed by atoms with Crippen LogP contribution in [0.4, 0.5) is 0 Å². The third-order valence-electron chi connectivity index (χ3n) is 3.85. The van der Waals surface area contributed by atoms with E-state index in [1.165, 1.54) is 44.5 Å². The fourth-order valence-electron chi connectivity index (χ4n) is 2.59. The van der Waals surface area contributed by atoms with Crippen LogP contribution in [0.5, 0.6) is 0 Å². The second-order valence-electron chi connectivity index (χ2n) is 5.41. The molecule has 3 heteroatoms. The first-order chi connectivity index (χ1) is 8.84. The van der Waals surface area contributed by atoms with Crippen LogP contribution in [0.25, 0.3) is 0 Å². The highest BCUT2D eigenvalue weighted by Crippen LogP contribution is 2.14. The molecule has 1 aromatic heterocycles. The summed E-state index contributed by atoms with van der Waals surface area (Å²) in [4.78, 5) is 6.49. The molecular weight excluding hydrogens is 222 g/mol. The van der Waals surface area contributed by atoms with Crippen molar-refractivity contribution in [1.82, 2.24) is 15.2 Å². The van der Waals surface area contributed by atoms with E-state index >= 15 is 0 Å². The lowest BCUT2D eigenvalue weighted by Crippen LogP contribution is -2.23. The molecule has 1 N–H and O–H groups in total. The van der Waals surface area contributed by atoms with Gasteiger partial charge in [-0.3, -0.25) is 4.98 Å². The average Bonchev–Trinajstić information content (AvgIpc) is 2.91. The van der Waals surface area contributed by atoms with Crippen molar-refractivity contribution in [3.63, 3.8) is 0 Å². The second kappa shape index (κ2) is 7.49. The Morgan fingerprint density at radius 1 is 1.33 bits per heavy atom. The molecule has 2 rings (SSSR count). The normalized spacial score (nSPS) is 19.6. The summed E-state index contributed by atoms with van der Waals surface area (Å²) in [6.45, 7) is 4.83. The maximum absolute atomic E-state index is 4.05. The Labute approximate surface area is 111 Å². The molecule has 18 heavy (non-hydrogen) atoms. The smallest absolute Gasteiger partial charge is 0.0270 e. The number of pyridine rings is 1. The zero-order valence-corrected chi connectivity index (χ0v) is 11.4. The molecule has 1 atom stereocenters. The van der Waals surface area contributed by atoms with Gasteiger partial charge in [-0.25, -0.2) is 0 Å². The van der Waals surface area contributed by atoms with E-state index < -0.39 is 0 Å². The van der Waals surface area contributed by atoms with Gasteiger partial charge in [0.2, 0.25) is 0 Å². The predicted molar refractivity (Wildman–Crippen MR) is 75.6 cm³/mol. The van der Waals surface area contributed by atoms with Crippen LogP contribution in [-0.2, 0) is 6.42 Å². The number of nitrogens with zero attached hydrogens (tertiary/aromatic N) is 2. The lowest BCUT2D eigenvalue weighted by Gasteiger charge is -2.17. The number of hydrogen-bond acceptors (Lipinski definition) is 3. The fourth-order valence-corrected chi connectivity index (χ4v) is 2.59. The van der Waals surface area contributed by atoms with E-state index in [-0.39, 0.29) is 0 Å². The molecule has 2 heterocycles. The Morgan fingerprint density at radius 2 is 2.17 bits per heavy atom. The molecule has 0 spiro atoms. The molecule has 1 unspecified atom stereocenters. The van der Waals surface area contributed by atoms with Gasteiger partial charge in [-0.05, 0) is 76.0 Å². The standard InChI is InChI=1S/C15H25N3/c1-18(11-2-3-15-6-10-17-13-15)12-7-14-4-8-16-9-5-14/h4-5,8-9,15,17H,2-3,6-7,10-13H2,1H3. The Hall–Kier alpha value is -0.930. The van der Waals surface area contributed by atoms with Gasteiger partial charge < -0.3 is 10.2 Å². The summed E-state index contributed by atoms with van der Waals surface area (Å²) < 4.78 is 0. The van der Waals surface area contributed by atoms with E-state index in [1.807, 2.05) is 12.4 Å². The molecule has 1 aromatic rings. The summed E-state index contributed by atoms with van der Waals surface area (Å²) in [6, 6.07) is 4.22. The van der Waals surface area contributed by atoms with Gasteiger partial charge in [0.25, 0.3) is 0 Å². The Balaban J connectivity index is 1.56. The van der Waals surface area contributed by atoms with Gasteiger partial charge >= 0.3 is 0 Å². The van der Waals surface area contributed by atoms with Gasteiger partial charge in [-0.1, -0.05) is 0 Å². The van der Waals surface area contributed by atoms with Crippen LogP contribution in [0.2, 0.25) is 0 Å². The summed E-state index contributed by atoms with van der Waals surface area (Å²) in [5, 5.41) is 3.44. The predicted octanol–water partition coefficient (Wildman–Crippen LogP) is 1.95. The minimum absolute atomic E-state index is 0.929. The van der Waals surface area contributed by atoms with Crippen LogP contribution in [0, 0.1) is 5.92 Å². The topological polar surface area (TPSA) is 28.2 Å². The summed E-state index contributed by atoms with van der Waals surface area (Å²) in [7, 11) is 2.23. The van der Waals surface area contributed by atoms with Crippen molar-refractivity contribution < 1.29 is 0 Å². The third-order valence-corrected chi connectivity index (χ3v) is 3.85. The highest BCUT2D eigenvalue weighted by molar-refractivity contribution is 5.09. The van der Waals surface area contributed by atoms with Crippen molar-refractivity contribution in [2.24, 2.45) is 5.92 Å². The van der Waals surface area contributed by atoms with Crippen LogP contribution in [-0.4, -0.2) is 43.1 Å². The first-order valence-corrected chi connectivity index (χ1v) is 7.13. The lowest BCUT2D eigenvalue weighted by atomic mass is 10.0. The van der Waals surface area contributed by atoms with Crippen LogP contribution >= 0.6 is 0 Å². The molecule has 0 saturated carbocycles. The van der Waals surface area contributed by atoms with Crippen molar-refractivity contribution in [2.75, 3.05) is 33.2 Å². The van der Waals surface area contributed by atoms with Gasteiger partial charge in [0.1, 0.15) is 0 Å². The Bertz CT molecular complexity index is 320. The van der Waals surface area contributed by atoms with E-state index in [0.717, 1.165) is 18.9 Å². The quantitative estimate of drug-likeness (QED) is 0.798. The first-order valence-electron chi connectivity index (χ1n) is 7.13. The number of likely N-dealkylation sites (N-methyl/N-ethyl adjacent to an activating group) is 1. The highest BCUT2D eigenvalue weighted by atomic mass is 15.1. The van der Waals surface area contributed by atoms with E-state index in [1.54, 1.807) is 0 Å². The molecule has 0 aromatic carbocycles. The van der Waals surface area contributed by atoms with Crippen molar-refractivity contribution in [2.45, 2.75) is 25.7 Å². The Kier molecular flexibility index (Phi) is 5.62. The summed E-state index contributed by atoms with van der Waals surface area (Å²) in [5.74, 6) is 0.929. The number of hydrogen-bond donors (Lipinski definition) is 1. The van der Waals surface area contributed by atoms with Gasteiger partial charge in [0.15, 0.2) is 0 Å².